The van der Waals surface area contributed by atoms with Gasteiger partial charge in [-0.15, -0.1) is 31.2 Å². The number of aliphatic hydroxyl groups excluding tert-OH is 1. The van der Waals surface area contributed by atoms with Gasteiger partial charge in [0.15, 0.2) is 0 Å². The summed E-state index contributed by atoms with van der Waals surface area (Å²) in [7, 11) is 0. The monoisotopic (exact) mass is 333 g/mol. The van der Waals surface area contributed by atoms with Gasteiger partial charge in [-0.05, 0) is 0 Å². The van der Waals surface area contributed by atoms with Gasteiger partial charge in [0.1, 0.15) is 0 Å². The van der Waals surface area contributed by atoms with Gasteiger partial charge in [-0.1, -0.05) is 6.61 Å². The van der Waals surface area contributed by atoms with Crippen LogP contribution in [0.1, 0.15) is 6.42 Å². The summed E-state index contributed by atoms with van der Waals surface area (Å²) in [4.78, 5) is 0. The van der Waals surface area contributed by atoms with Crippen molar-refractivity contribution in [2.45, 2.75) is 6.42 Å². The van der Waals surface area contributed by atoms with E-state index < -0.39 is 21.9 Å². The molecule has 1 rings (SSSR count). The molecule has 0 aromatic rings. The first-order valence-corrected chi connectivity index (χ1v) is 10.0. The third-order valence-electron chi connectivity index (χ3n) is 0.586. The number of halogens is 2. The van der Waals surface area contributed by atoms with E-state index in [4.69, 9.17) is 7.92 Å². The molecule has 0 aromatic carbocycles. The first-order chi connectivity index (χ1) is 5.33. The fourth-order valence-electron chi connectivity index (χ4n) is 0.340. The summed E-state index contributed by atoms with van der Waals surface area (Å²) >= 11 is -0.992. The van der Waals surface area contributed by atoms with Gasteiger partial charge in [0.2, 0.25) is 0 Å². The molecule has 0 heterocycles. The molecule has 14 heavy (non-hydrogen) atoms. The molecular weight excluding hydrogens is 318 g/mol. The fraction of sp³-hybridized carbons (Fsp3) is 0.250. The first-order valence-electron chi connectivity index (χ1n) is 3.09. The Kier molecular flexibility index (Phi) is 77.7. The van der Waals surface area contributed by atoms with Crippen LogP contribution < -0.4 is 0 Å². The van der Waals surface area contributed by atoms with E-state index in [-0.39, 0.29) is 38.8 Å². The van der Waals surface area contributed by atoms with Crippen LogP contribution in [0.2, 0.25) is 0 Å². The van der Waals surface area contributed by atoms with Gasteiger partial charge in [0.05, 0.1) is 0 Å². The molecule has 0 fully saturated rings. The molecule has 1 aliphatic carbocycles. The van der Waals surface area contributed by atoms with Crippen LogP contribution in [-0.4, -0.2) is 18.6 Å². The van der Waals surface area contributed by atoms with Gasteiger partial charge in [-0.3, -0.25) is 6.08 Å². The van der Waals surface area contributed by atoms with Crippen molar-refractivity contribution >= 4 is 31.7 Å². The standard InChI is InChI=1S/C5H5.C2H5O.CH3.2ClH.O.H2Si.Zr/c1-2-4-5-3-1;1-2-3;;;;;;/h1-3H,4H2;3H,1-2H2;1H3;2*1H;;1H2;/q3*-1;;;;;. The molecule has 0 atom stereocenters. The second-order valence-electron chi connectivity index (χ2n) is 1.37. The predicted molar refractivity (Wildman–Crippen MR) is 64.2 cm³/mol. The Balaban J connectivity index is -0.0000000276. The van der Waals surface area contributed by atoms with Crippen LogP contribution >= 0.6 is 24.8 Å². The SMILES string of the molecule is Cl.Cl.[C-]1=CC=CC1.[CH2-]CO.[CH3-].[O]=[Zr]=[SiH2]. The summed E-state index contributed by atoms with van der Waals surface area (Å²) in [6, 6.07) is 0. The van der Waals surface area contributed by atoms with Crippen LogP contribution in [0.15, 0.2) is 18.2 Å². The summed E-state index contributed by atoms with van der Waals surface area (Å²) < 4.78 is 9.11. The van der Waals surface area contributed by atoms with Gasteiger partial charge in [-0.25, -0.2) is 12.2 Å². The molecular formula is C8H17Cl2O2SiZr-3. The predicted octanol–water partition coefficient (Wildman–Crippen LogP) is 1.37. The van der Waals surface area contributed by atoms with Crippen molar-refractivity contribution in [3.63, 3.8) is 0 Å². The molecule has 6 heteroatoms. The van der Waals surface area contributed by atoms with Crippen LogP contribution in [-0.2, 0) is 24.7 Å². The molecule has 1 N–H and O–H groups in total. The Morgan fingerprint density at radius 2 is 1.93 bits per heavy atom. The van der Waals surface area contributed by atoms with E-state index in [1.165, 1.54) is 0 Å². The quantitative estimate of drug-likeness (QED) is 0.536. The van der Waals surface area contributed by atoms with Gasteiger partial charge < -0.3 is 19.5 Å². The first kappa shape index (κ1) is 29.4. The van der Waals surface area contributed by atoms with Crippen LogP contribution in [0.5, 0.6) is 0 Å². The van der Waals surface area contributed by atoms with E-state index in [0.29, 0.717) is 0 Å². The minimum absolute atomic E-state index is 0. The van der Waals surface area contributed by atoms with E-state index in [2.05, 4.69) is 19.1 Å². The molecule has 1 aliphatic rings. The Morgan fingerprint density at radius 3 is 2.00 bits per heavy atom. The van der Waals surface area contributed by atoms with Crippen molar-refractivity contribution < 1.29 is 29.8 Å². The summed E-state index contributed by atoms with van der Waals surface area (Å²) in [5.41, 5.74) is 0. The molecule has 0 unspecified atom stereocenters. The molecule has 0 bridgehead atoms. The van der Waals surface area contributed by atoms with Crippen molar-refractivity contribution in [3.05, 3.63) is 38.7 Å². The number of aliphatic hydroxyl groups is 1. The molecule has 0 saturated carbocycles. The third kappa shape index (κ3) is 52.4. The summed E-state index contributed by atoms with van der Waals surface area (Å²) in [5, 5.41) is 7.46. The summed E-state index contributed by atoms with van der Waals surface area (Å²) in [6.07, 6.45) is 10.0. The van der Waals surface area contributed by atoms with E-state index in [1.807, 2.05) is 12.2 Å². The summed E-state index contributed by atoms with van der Waals surface area (Å²) in [5.74, 6) is 0. The Morgan fingerprint density at radius 1 is 1.57 bits per heavy atom. The van der Waals surface area contributed by atoms with E-state index in [0.717, 1.165) is 6.42 Å². The molecule has 0 aliphatic heterocycles. The zero-order valence-corrected chi connectivity index (χ0v) is 13.7. The molecule has 2 nitrogen and oxygen atoms in total. The zero-order chi connectivity index (χ0) is 8.95. The molecule has 0 aromatic heterocycles. The Labute approximate surface area is 112 Å². The van der Waals surface area contributed by atoms with Crippen molar-refractivity contribution in [2.75, 3.05) is 6.61 Å². The number of rotatable bonds is 0. The van der Waals surface area contributed by atoms with Crippen molar-refractivity contribution in [1.29, 1.82) is 0 Å². The number of hydrogen-bond acceptors (Lipinski definition) is 2. The van der Waals surface area contributed by atoms with Crippen molar-refractivity contribution in [1.82, 2.24) is 0 Å². The van der Waals surface area contributed by atoms with Crippen LogP contribution in [0, 0.1) is 20.4 Å². The Hall–Kier alpha value is 0.920. The van der Waals surface area contributed by atoms with E-state index >= 15 is 0 Å². The second-order valence-corrected chi connectivity index (χ2v) is 3.79. The topological polar surface area (TPSA) is 37.3 Å². The molecule has 0 amide bonds. The molecule has 86 valence electrons. The number of hydrogen-bond donors (Lipinski definition) is 1. The fourth-order valence-corrected chi connectivity index (χ4v) is 0.340. The van der Waals surface area contributed by atoms with Gasteiger partial charge in [0.25, 0.3) is 0 Å². The third-order valence-corrected chi connectivity index (χ3v) is 0.586. The maximum absolute atomic E-state index is 9.11. The normalized spacial score (nSPS) is 8.14. The molecule has 0 radical (unpaired) electrons. The summed E-state index contributed by atoms with van der Waals surface area (Å²) in [6.45, 7) is 4.63. The van der Waals surface area contributed by atoms with Crippen molar-refractivity contribution in [2.24, 2.45) is 0 Å². The van der Waals surface area contributed by atoms with Crippen LogP contribution in [0.3, 0.4) is 0 Å². The van der Waals surface area contributed by atoms with Gasteiger partial charge in [-0.2, -0.15) is 6.08 Å². The van der Waals surface area contributed by atoms with E-state index in [9.17, 15) is 0 Å². The van der Waals surface area contributed by atoms with E-state index in [1.54, 1.807) is 6.88 Å². The number of allylic oxidation sites excluding steroid dienone is 4. The molecule has 0 spiro atoms. The van der Waals surface area contributed by atoms with Crippen LogP contribution in [0.25, 0.3) is 0 Å². The average molecular weight is 335 g/mol. The Bertz CT molecular complexity index is 147. The van der Waals surface area contributed by atoms with Crippen LogP contribution in [0.4, 0.5) is 0 Å². The zero-order valence-electron chi connectivity index (χ0n) is 8.23. The second kappa shape index (κ2) is 37.0. The van der Waals surface area contributed by atoms with Gasteiger partial charge >= 0.3 is 31.5 Å². The van der Waals surface area contributed by atoms with Crippen molar-refractivity contribution in [3.8, 4) is 0 Å². The average Bonchev–Trinajstić information content (AvgIpc) is 2.44. The molecule has 0 saturated heterocycles. The minimum atomic E-state index is -0.992. The maximum atomic E-state index is 9.11. The van der Waals surface area contributed by atoms with Gasteiger partial charge in [0, 0.05) is 0 Å².